The van der Waals surface area contributed by atoms with Gasteiger partial charge in [-0.15, -0.1) is 0 Å². The van der Waals surface area contributed by atoms with Crippen LogP contribution in [0.5, 0.6) is 0 Å². The third-order valence-corrected chi connectivity index (χ3v) is 2.85. The fourth-order valence-corrected chi connectivity index (χ4v) is 1.95. The van der Waals surface area contributed by atoms with E-state index in [1.165, 1.54) is 7.11 Å². The van der Waals surface area contributed by atoms with E-state index in [1.54, 1.807) is 6.07 Å². The maximum absolute atomic E-state index is 11.3. The zero-order valence-corrected chi connectivity index (χ0v) is 9.06. The maximum Gasteiger partial charge on any atom is 0.337 e. The Labute approximate surface area is 93.5 Å². The van der Waals surface area contributed by atoms with E-state index in [0.717, 1.165) is 29.7 Å². The number of oxime groups is 1. The van der Waals surface area contributed by atoms with Gasteiger partial charge in [0.1, 0.15) is 0 Å². The number of benzene rings is 1. The summed E-state index contributed by atoms with van der Waals surface area (Å²) in [4.78, 5) is 11.3. The Morgan fingerprint density at radius 1 is 1.38 bits per heavy atom. The number of fused-ring (bicyclic) bond motifs is 1. The van der Waals surface area contributed by atoms with Crippen LogP contribution in [0.15, 0.2) is 23.4 Å². The van der Waals surface area contributed by atoms with Gasteiger partial charge in [0.2, 0.25) is 0 Å². The number of hydrogen-bond acceptors (Lipinski definition) is 4. The molecule has 1 aromatic carbocycles. The van der Waals surface area contributed by atoms with Crippen LogP contribution in [0.1, 0.15) is 27.9 Å². The fourth-order valence-electron chi connectivity index (χ4n) is 1.95. The molecule has 0 atom stereocenters. The average molecular weight is 219 g/mol. The first-order chi connectivity index (χ1) is 7.74. The van der Waals surface area contributed by atoms with Gasteiger partial charge in [0, 0.05) is 6.42 Å². The van der Waals surface area contributed by atoms with Gasteiger partial charge in [-0.2, -0.15) is 0 Å². The van der Waals surface area contributed by atoms with Crippen molar-refractivity contribution in [2.75, 3.05) is 7.11 Å². The summed E-state index contributed by atoms with van der Waals surface area (Å²) in [5.41, 5.74) is 3.62. The van der Waals surface area contributed by atoms with Gasteiger partial charge in [-0.1, -0.05) is 11.2 Å². The molecule has 0 radical (unpaired) electrons. The lowest BCUT2D eigenvalue weighted by Gasteiger charge is -2.17. The van der Waals surface area contributed by atoms with Crippen LogP contribution in [0.3, 0.4) is 0 Å². The predicted octanol–water partition coefficient (Wildman–Crippen LogP) is 1.79. The highest BCUT2D eigenvalue weighted by Gasteiger charge is 2.16. The number of aryl methyl sites for hydroxylation is 1. The van der Waals surface area contributed by atoms with Crippen LogP contribution in [0, 0.1) is 0 Å². The predicted molar refractivity (Wildman–Crippen MR) is 59.0 cm³/mol. The van der Waals surface area contributed by atoms with Crippen molar-refractivity contribution in [1.82, 2.24) is 0 Å². The van der Waals surface area contributed by atoms with Gasteiger partial charge >= 0.3 is 5.97 Å². The molecule has 4 nitrogen and oxygen atoms in total. The molecule has 1 aliphatic carbocycles. The third-order valence-electron chi connectivity index (χ3n) is 2.85. The SMILES string of the molecule is COC(=O)c1ccc2c(c1)CC/C(=N/O)C2. The summed E-state index contributed by atoms with van der Waals surface area (Å²) in [6, 6.07) is 5.49. The summed E-state index contributed by atoms with van der Waals surface area (Å²) < 4.78 is 4.67. The number of nitrogens with zero attached hydrogens (tertiary/aromatic N) is 1. The van der Waals surface area contributed by atoms with Crippen molar-refractivity contribution < 1.29 is 14.7 Å². The summed E-state index contributed by atoms with van der Waals surface area (Å²) in [5.74, 6) is -0.315. The molecule has 4 heteroatoms. The number of carbonyl (C=O) groups is 1. The summed E-state index contributed by atoms with van der Waals surface area (Å²) in [6.45, 7) is 0. The second-order valence-corrected chi connectivity index (χ2v) is 3.82. The van der Waals surface area contributed by atoms with Crippen LogP contribution in [0.25, 0.3) is 0 Å². The zero-order valence-electron chi connectivity index (χ0n) is 9.06. The highest BCUT2D eigenvalue weighted by molar-refractivity contribution is 5.91. The van der Waals surface area contributed by atoms with Crippen LogP contribution in [-0.2, 0) is 17.6 Å². The van der Waals surface area contributed by atoms with E-state index in [2.05, 4.69) is 9.89 Å². The molecule has 1 aromatic rings. The van der Waals surface area contributed by atoms with Crippen molar-refractivity contribution in [1.29, 1.82) is 0 Å². The molecule has 0 saturated heterocycles. The molecule has 0 aromatic heterocycles. The van der Waals surface area contributed by atoms with Gasteiger partial charge in [0.15, 0.2) is 0 Å². The number of carbonyl (C=O) groups excluding carboxylic acids is 1. The Morgan fingerprint density at radius 2 is 2.19 bits per heavy atom. The molecule has 0 heterocycles. The van der Waals surface area contributed by atoms with E-state index < -0.39 is 0 Å². The molecule has 2 rings (SSSR count). The molecule has 0 saturated carbocycles. The molecule has 16 heavy (non-hydrogen) atoms. The van der Waals surface area contributed by atoms with Crippen LogP contribution in [0.2, 0.25) is 0 Å². The maximum atomic E-state index is 11.3. The van der Waals surface area contributed by atoms with Crippen molar-refractivity contribution in [2.24, 2.45) is 5.16 Å². The van der Waals surface area contributed by atoms with E-state index in [4.69, 9.17) is 5.21 Å². The second kappa shape index (κ2) is 4.35. The topological polar surface area (TPSA) is 58.9 Å². The third kappa shape index (κ3) is 1.91. The molecule has 1 N–H and O–H groups in total. The van der Waals surface area contributed by atoms with Gasteiger partial charge in [-0.05, 0) is 36.1 Å². The Bertz CT molecular complexity index is 452. The molecular formula is C12H13NO3. The van der Waals surface area contributed by atoms with E-state index in [1.807, 2.05) is 12.1 Å². The first kappa shape index (κ1) is 10.7. The molecule has 1 aliphatic rings. The Hall–Kier alpha value is -1.84. The van der Waals surface area contributed by atoms with Crippen LogP contribution < -0.4 is 0 Å². The monoisotopic (exact) mass is 219 g/mol. The quantitative estimate of drug-likeness (QED) is 0.445. The first-order valence-corrected chi connectivity index (χ1v) is 5.14. The minimum atomic E-state index is -0.315. The molecule has 84 valence electrons. The summed E-state index contributed by atoms with van der Waals surface area (Å²) >= 11 is 0. The summed E-state index contributed by atoms with van der Waals surface area (Å²) in [5, 5.41) is 12.0. The number of methoxy groups -OCH3 is 1. The number of ether oxygens (including phenoxy) is 1. The van der Waals surface area contributed by atoms with Gasteiger partial charge in [-0.3, -0.25) is 0 Å². The van der Waals surface area contributed by atoms with Gasteiger partial charge in [0.25, 0.3) is 0 Å². The molecule has 0 unspecified atom stereocenters. The van der Waals surface area contributed by atoms with Crippen molar-refractivity contribution in [3.63, 3.8) is 0 Å². The molecule has 0 amide bonds. The Kier molecular flexibility index (Phi) is 2.90. The van der Waals surface area contributed by atoms with Crippen molar-refractivity contribution in [2.45, 2.75) is 19.3 Å². The van der Waals surface area contributed by atoms with Crippen molar-refractivity contribution in [3.8, 4) is 0 Å². The number of hydrogen-bond donors (Lipinski definition) is 1. The second-order valence-electron chi connectivity index (χ2n) is 3.82. The fraction of sp³-hybridized carbons (Fsp3) is 0.333. The standard InChI is InChI=1S/C12H13NO3/c1-16-12(14)10-3-2-9-7-11(13-15)5-4-8(9)6-10/h2-3,6,15H,4-5,7H2,1H3/b13-11-. The van der Waals surface area contributed by atoms with Gasteiger partial charge in [-0.25, -0.2) is 4.79 Å². The number of rotatable bonds is 1. The Morgan fingerprint density at radius 3 is 2.88 bits per heavy atom. The largest absolute Gasteiger partial charge is 0.465 e. The van der Waals surface area contributed by atoms with E-state index in [9.17, 15) is 4.79 Å². The average Bonchev–Trinajstić information content (AvgIpc) is 2.36. The van der Waals surface area contributed by atoms with Crippen LogP contribution >= 0.6 is 0 Å². The van der Waals surface area contributed by atoms with E-state index >= 15 is 0 Å². The minimum Gasteiger partial charge on any atom is -0.465 e. The lowest BCUT2D eigenvalue weighted by atomic mass is 9.89. The van der Waals surface area contributed by atoms with Crippen LogP contribution in [-0.4, -0.2) is 24.0 Å². The summed E-state index contributed by atoms with van der Waals surface area (Å²) in [6.07, 6.45) is 2.21. The lowest BCUT2D eigenvalue weighted by molar-refractivity contribution is 0.0600. The van der Waals surface area contributed by atoms with Gasteiger partial charge < -0.3 is 9.94 Å². The first-order valence-electron chi connectivity index (χ1n) is 5.14. The number of esters is 1. The molecular weight excluding hydrogens is 206 g/mol. The highest BCUT2D eigenvalue weighted by Crippen LogP contribution is 2.21. The molecule has 0 fully saturated rings. The van der Waals surface area contributed by atoms with Crippen molar-refractivity contribution >= 4 is 11.7 Å². The minimum absolute atomic E-state index is 0.315. The molecule has 0 bridgehead atoms. The van der Waals surface area contributed by atoms with Crippen LogP contribution in [0.4, 0.5) is 0 Å². The van der Waals surface area contributed by atoms with E-state index in [-0.39, 0.29) is 5.97 Å². The van der Waals surface area contributed by atoms with E-state index in [0.29, 0.717) is 12.0 Å². The molecule has 0 aliphatic heterocycles. The summed E-state index contributed by atoms with van der Waals surface area (Å²) in [7, 11) is 1.37. The highest BCUT2D eigenvalue weighted by atomic mass is 16.5. The van der Waals surface area contributed by atoms with Gasteiger partial charge in [0.05, 0.1) is 18.4 Å². The molecule has 0 spiro atoms. The van der Waals surface area contributed by atoms with Crippen molar-refractivity contribution in [3.05, 3.63) is 34.9 Å². The lowest BCUT2D eigenvalue weighted by Crippen LogP contribution is -2.14. The normalized spacial score (nSPS) is 16.9. The Balaban J connectivity index is 2.31. The zero-order chi connectivity index (χ0) is 11.5. The smallest absolute Gasteiger partial charge is 0.337 e.